The molecule has 0 saturated heterocycles. The Hall–Kier alpha value is -1.89. The quantitative estimate of drug-likeness (QED) is 0.634. The number of benzene rings is 1. The number of halogens is 1. The van der Waals surface area contributed by atoms with Crippen molar-refractivity contribution in [1.82, 2.24) is 9.97 Å². The molecule has 1 amide bonds. The van der Waals surface area contributed by atoms with E-state index in [9.17, 15) is 4.79 Å². The van der Waals surface area contributed by atoms with Gasteiger partial charge in [0.05, 0.1) is 0 Å². The number of hydrogen-bond acceptors (Lipinski definition) is 5. The monoisotopic (exact) mass is 375 g/mol. The summed E-state index contributed by atoms with van der Waals surface area (Å²) in [6.45, 7) is 1.99. The maximum absolute atomic E-state index is 12.2. The molecule has 0 spiro atoms. The van der Waals surface area contributed by atoms with Gasteiger partial charge in [0.1, 0.15) is 10.2 Å². The van der Waals surface area contributed by atoms with Gasteiger partial charge in [-0.1, -0.05) is 35.5 Å². The highest BCUT2D eigenvalue weighted by Gasteiger charge is 2.08. The zero-order valence-electron chi connectivity index (χ0n) is 12.8. The molecule has 0 atom stereocenters. The summed E-state index contributed by atoms with van der Waals surface area (Å²) in [6, 6.07) is 10.8. The highest BCUT2D eigenvalue weighted by atomic mass is 35.5. The Morgan fingerprint density at radius 1 is 1.29 bits per heavy atom. The largest absolute Gasteiger partial charge is 0.307 e. The van der Waals surface area contributed by atoms with Crippen molar-refractivity contribution in [1.29, 1.82) is 0 Å². The lowest BCUT2D eigenvalue weighted by Crippen LogP contribution is -2.12. The number of amides is 1. The molecule has 24 heavy (non-hydrogen) atoms. The summed E-state index contributed by atoms with van der Waals surface area (Å²) in [5.74, 6) is 1.05. The van der Waals surface area contributed by atoms with E-state index in [-0.39, 0.29) is 5.91 Å². The van der Waals surface area contributed by atoms with Gasteiger partial charge in [-0.2, -0.15) is 0 Å². The number of carbonyl (C=O) groups is 1. The summed E-state index contributed by atoms with van der Waals surface area (Å²) in [6.07, 6.45) is 1.55. The molecule has 3 rings (SSSR count). The molecular formula is C17H14ClN3OS2. The zero-order chi connectivity index (χ0) is 16.9. The van der Waals surface area contributed by atoms with Gasteiger partial charge in [0.15, 0.2) is 0 Å². The first-order valence-corrected chi connectivity index (χ1v) is 9.41. The fraction of sp³-hybridized carbons (Fsp3) is 0.118. The number of anilines is 1. The predicted octanol–water partition coefficient (Wildman–Crippen LogP) is 5.04. The molecule has 0 aliphatic carbocycles. The fourth-order valence-corrected chi connectivity index (χ4v) is 3.92. The number of aromatic nitrogens is 2. The molecule has 0 aliphatic rings. The Morgan fingerprint density at radius 2 is 2.08 bits per heavy atom. The summed E-state index contributed by atoms with van der Waals surface area (Å²) in [7, 11) is 0. The van der Waals surface area contributed by atoms with Gasteiger partial charge >= 0.3 is 0 Å². The van der Waals surface area contributed by atoms with E-state index >= 15 is 0 Å². The first kappa shape index (κ1) is 17.0. The van der Waals surface area contributed by atoms with Crippen molar-refractivity contribution in [3.05, 3.63) is 69.8 Å². The van der Waals surface area contributed by atoms with Gasteiger partial charge < -0.3 is 5.32 Å². The summed E-state index contributed by atoms with van der Waals surface area (Å²) < 4.78 is 1.06. The average Bonchev–Trinajstić information content (AvgIpc) is 2.99. The molecule has 0 saturated carbocycles. The highest BCUT2D eigenvalue weighted by Crippen LogP contribution is 2.26. The van der Waals surface area contributed by atoms with Crippen molar-refractivity contribution in [3.63, 3.8) is 0 Å². The third-order valence-corrected chi connectivity index (χ3v) is 5.59. The van der Waals surface area contributed by atoms with Crippen LogP contribution in [0.25, 0.3) is 0 Å². The van der Waals surface area contributed by atoms with Crippen molar-refractivity contribution in [2.45, 2.75) is 17.0 Å². The van der Waals surface area contributed by atoms with Crippen molar-refractivity contribution in [2.75, 3.05) is 5.32 Å². The minimum absolute atomic E-state index is 0.209. The number of thiazole rings is 1. The Kier molecular flexibility index (Phi) is 5.50. The number of pyridine rings is 1. The second-order valence-electron chi connectivity index (χ2n) is 5.05. The molecule has 0 fully saturated rings. The van der Waals surface area contributed by atoms with E-state index in [2.05, 4.69) is 15.3 Å². The molecule has 0 bridgehead atoms. The first-order valence-electron chi connectivity index (χ1n) is 7.17. The maximum atomic E-state index is 12.2. The van der Waals surface area contributed by atoms with E-state index < -0.39 is 0 Å². The summed E-state index contributed by atoms with van der Waals surface area (Å²) in [5, 5.41) is 5.30. The van der Waals surface area contributed by atoms with Gasteiger partial charge in [-0.15, -0.1) is 11.3 Å². The van der Waals surface area contributed by atoms with E-state index in [1.165, 1.54) is 0 Å². The lowest BCUT2D eigenvalue weighted by Gasteiger charge is -2.05. The van der Waals surface area contributed by atoms with Crippen LogP contribution in [0.5, 0.6) is 0 Å². The zero-order valence-corrected chi connectivity index (χ0v) is 15.2. The van der Waals surface area contributed by atoms with Crippen LogP contribution in [-0.4, -0.2) is 15.9 Å². The van der Waals surface area contributed by atoms with Gasteiger partial charge in [0, 0.05) is 33.6 Å². The molecule has 1 N–H and O–H groups in total. The second kappa shape index (κ2) is 7.79. The first-order chi connectivity index (χ1) is 11.6. The number of carbonyl (C=O) groups excluding carboxylic acids is 1. The van der Waals surface area contributed by atoms with Crippen molar-refractivity contribution >= 4 is 46.4 Å². The minimum atomic E-state index is -0.209. The van der Waals surface area contributed by atoms with Gasteiger partial charge in [-0.05, 0) is 36.8 Å². The van der Waals surface area contributed by atoms with Crippen LogP contribution in [0.2, 0.25) is 5.02 Å². The topological polar surface area (TPSA) is 54.9 Å². The average molecular weight is 376 g/mol. The molecule has 122 valence electrons. The maximum Gasteiger partial charge on any atom is 0.256 e. The molecule has 0 aliphatic heterocycles. The Morgan fingerprint density at radius 3 is 2.75 bits per heavy atom. The van der Waals surface area contributed by atoms with Crippen molar-refractivity contribution in [3.8, 4) is 0 Å². The number of aryl methyl sites for hydroxylation is 1. The smallest absolute Gasteiger partial charge is 0.256 e. The molecule has 3 aromatic rings. The normalized spacial score (nSPS) is 10.6. The number of thioether (sulfide) groups is 1. The van der Waals surface area contributed by atoms with Crippen molar-refractivity contribution in [2.24, 2.45) is 0 Å². The third-order valence-electron chi connectivity index (χ3n) is 3.14. The van der Waals surface area contributed by atoms with E-state index in [1.807, 2.05) is 36.6 Å². The van der Waals surface area contributed by atoms with Gasteiger partial charge in [0.2, 0.25) is 0 Å². The second-order valence-corrected chi connectivity index (χ2v) is 7.57. The van der Waals surface area contributed by atoms with Crippen LogP contribution in [-0.2, 0) is 5.75 Å². The SMILES string of the molecule is Cc1csc(SCc2ccc(C(=O)Nc3cc(Cl)ccn3)cc2)n1. The molecule has 0 radical (unpaired) electrons. The lowest BCUT2D eigenvalue weighted by molar-refractivity contribution is 0.102. The Balaban J connectivity index is 1.60. The standard InChI is InChI=1S/C17H14ClN3OS2/c1-11-9-23-17(20-11)24-10-12-2-4-13(5-3-12)16(22)21-15-8-14(18)6-7-19-15/h2-9H,10H2,1H3,(H,19,21,22). The fourth-order valence-electron chi connectivity index (χ4n) is 1.96. The van der Waals surface area contributed by atoms with E-state index in [4.69, 9.17) is 11.6 Å². The van der Waals surface area contributed by atoms with Crippen LogP contribution in [0.1, 0.15) is 21.6 Å². The Labute approximate surface area is 153 Å². The van der Waals surface area contributed by atoms with Crippen LogP contribution in [0.4, 0.5) is 5.82 Å². The van der Waals surface area contributed by atoms with Crippen LogP contribution in [0, 0.1) is 6.92 Å². The molecule has 2 heterocycles. The van der Waals surface area contributed by atoms with Crippen LogP contribution >= 0.6 is 34.7 Å². The van der Waals surface area contributed by atoms with Crippen molar-refractivity contribution < 1.29 is 4.79 Å². The highest BCUT2D eigenvalue weighted by molar-refractivity contribution is 8.00. The number of nitrogens with one attached hydrogen (secondary N) is 1. The number of rotatable bonds is 5. The minimum Gasteiger partial charge on any atom is -0.307 e. The molecular weight excluding hydrogens is 362 g/mol. The van der Waals surface area contributed by atoms with Crippen LogP contribution in [0.15, 0.2) is 52.3 Å². The van der Waals surface area contributed by atoms with Gasteiger partial charge in [-0.25, -0.2) is 9.97 Å². The number of hydrogen-bond donors (Lipinski definition) is 1. The van der Waals surface area contributed by atoms with Gasteiger partial charge in [0.25, 0.3) is 5.91 Å². The van der Waals surface area contributed by atoms with E-state index in [0.717, 1.165) is 21.3 Å². The van der Waals surface area contributed by atoms with Crippen LogP contribution < -0.4 is 5.32 Å². The summed E-state index contributed by atoms with van der Waals surface area (Å²) in [5.41, 5.74) is 2.77. The van der Waals surface area contributed by atoms with Gasteiger partial charge in [-0.3, -0.25) is 4.79 Å². The lowest BCUT2D eigenvalue weighted by atomic mass is 10.1. The molecule has 2 aromatic heterocycles. The molecule has 1 aromatic carbocycles. The molecule has 0 unspecified atom stereocenters. The molecule has 4 nitrogen and oxygen atoms in total. The summed E-state index contributed by atoms with van der Waals surface area (Å²) >= 11 is 9.23. The van der Waals surface area contributed by atoms with Crippen LogP contribution in [0.3, 0.4) is 0 Å². The predicted molar refractivity (Wildman–Crippen MR) is 100 cm³/mol. The number of nitrogens with zero attached hydrogens (tertiary/aromatic N) is 2. The summed E-state index contributed by atoms with van der Waals surface area (Å²) in [4.78, 5) is 20.7. The van der Waals surface area contributed by atoms with E-state index in [1.54, 1.807) is 41.4 Å². The molecule has 7 heteroatoms. The Bertz CT molecular complexity index is 849. The third kappa shape index (κ3) is 4.56. The van der Waals surface area contributed by atoms with E-state index in [0.29, 0.717) is 16.4 Å².